The summed E-state index contributed by atoms with van der Waals surface area (Å²) in [6.07, 6.45) is 15.5. The summed E-state index contributed by atoms with van der Waals surface area (Å²) in [4.78, 5) is 19.9. The molecule has 0 radical (unpaired) electrons. The molecule has 6 aliphatic heterocycles. The van der Waals surface area contributed by atoms with E-state index in [-0.39, 0.29) is 30.3 Å². The Labute approximate surface area is 403 Å². The fourth-order valence-corrected chi connectivity index (χ4v) is 9.73. The monoisotopic (exact) mass is 917 g/mol. The smallest absolute Gasteiger partial charge is 0.870 e. The van der Waals surface area contributed by atoms with E-state index in [1.165, 1.54) is 12.6 Å². The molecule has 5 aromatic heterocycles. The van der Waals surface area contributed by atoms with Crippen molar-refractivity contribution in [1.82, 2.24) is 39.3 Å². The Morgan fingerprint density at radius 2 is 1.18 bits per heavy atom. The number of pyridine rings is 2. The van der Waals surface area contributed by atoms with Crippen molar-refractivity contribution in [2.75, 3.05) is 45.0 Å². The van der Waals surface area contributed by atoms with E-state index in [0.717, 1.165) is 188 Å². The van der Waals surface area contributed by atoms with Crippen molar-refractivity contribution in [3.05, 3.63) is 76.5 Å². The van der Waals surface area contributed by atoms with Gasteiger partial charge in [0.2, 0.25) is 0 Å². The second-order valence-corrected chi connectivity index (χ2v) is 18.3. The fourth-order valence-electron chi connectivity index (χ4n) is 9.73. The molecular formula is C48H64LiN9O9. The number of aromatic hydroxyl groups is 1. The summed E-state index contributed by atoms with van der Waals surface area (Å²) in [5.74, 6) is 4.34. The van der Waals surface area contributed by atoms with Crippen LogP contribution in [0.4, 0.5) is 11.5 Å². The van der Waals surface area contributed by atoms with Gasteiger partial charge in [-0.15, -0.1) is 0 Å². The molecule has 18 nitrogen and oxygen atoms in total. The number of aliphatic hydroxyl groups is 1. The van der Waals surface area contributed by atoms with Crippen LogP contribution in [0.3, 0.4) is 0 Å². The maximum Gasteiger partial charge on any atom is 1.00 e. The van der Waals surface area contributed by atoms with Gasteiger partial charge >= 0.3 is 24.8 Å². The Kier molecular flexibility index (Phi) is 16.8. The van der Waals surface area contributed by atoms with E-state index in [4.69, 9.17) is 28.8 Å². The summed E-state index contributed by atoms with van der Waals surface area (Å²) in [5, 5.41) is 37.7. The number of carbonyl (C=O) groups excluding carboxylic acids is 1. The maximum absolute atomic E-state index is 11.3. The van der Waals surface area contributed by atoms with Gasteiger partial charge < -0.3 is 44.7 Å². The van der Waals surface area contributed by atoms with Gasteiger partial charge in [-0.1, -0.05) is 0 Å². The predicted octanol–water partition coefficient (Wildman–Crippen LogP) is 4.18. The van der Waals surface area contributed by atoms with Crippen molar-refractivity contribution in [3.8, 4) is 23.0 Å². The third-order valence-corrected chi connectivity index (χ3v) is 13.2. The van der Waals surface area contributed by atoms with Gasteiger partial charge in [-0.3, -0.25) is 23.8 Å². The first-order valence-electron chi connectivity index (χ1n) is 23.6. The number of nitrogens with one attached hydrogen (secondary N) is 1. The Morgan fingerprint density at radius 3 is 1.72 bits per heavy atom. The van der Waals surface area contributed by atoms with E-state index in [2.05, 4.69) is 30.2 Å². The second-order valence-electron chi connectivity index (χ2n) is 18.3. The van der Waals surface area contributed by atoms with Crippen LogP contribution < -0.4 is 33.7 Å². The molecule has 5 aromatic rings. The molecule has 0 unspecified atom stereocenters. The normalized spacial score (nSPS) is 18.2. The fraction of sp³-hybridized carbons (Fsp3) is 0.583. The minimum Gasteiger partial charge on any atom is -0.870 e. The first-order chi connectivity index (χ1) is 31.6. The molecule has 0 atom stereocenters. The number of hydrogen-bond donors (Lipinski definition) is 3. The molecule has 0 aromatic carbocycles. The number of hydrogen-bond acceptors (Lipinski definition) is 15. The van der Waals surface area contributed by atoms with Crippen LogP contribution in [0.1, 0.15) is 136 Å². The molecule has 0 spiro atoms. The van der Waals surface area contributed by atoms with Gasteiger partial charge in [0, 0.05) is 108 Å². The average molecular weight is 918 g/mol. The molecule has 67 heavy (non-hydrogen) atoms. The van der Waals surface area contributed by atoms with E-state index < -0.39 is 5.60 Å². The Morgan fingerprint density at radius 1 is 0.701 bits per heavy atom. The first-order valence-corrected chi connectivity index (χ1v) is 23.6. The van der Waals surface area contributed by atoms with E-state index in [0.29, 0.717) is 35.0 Å². The molecule has 0 saturated carbocycles. The van der Waals surface area contributed by atoms with Crippen molar-refractivity contribution >= 4 is 17.5 Å². The number of anilines is 2. The predicted molar refractivity (Wildman–Crippen MR) is 242 cm³/mol. The summed E-state index contributed by atoms with van der Waals surface area (Å²) >= 11 is 0. The zero-order chi connectivity index (χ0) is 44.9. The molecule has 0 aliphatic carbocycles. The number of carbonyl (C=O) groups is 1. The molecular weight excluding hydrogens is 854 g/mol. The van der Waals surface area contributed by atoms with Crippen molar-refractivity contribution < 1.29 is 63.0 Å². The van der Waals surface area contributed by atoms with Crippen LogP contribution in [-0.4, -0.2) is 101 Å². The van der Waals surface area contributed by atoms with Gasteiger partial charge in [0.05, 0.1) is 22.8 Å². The average Bonchev–Trinajstić information content (AvgIpc) is 4.18. The molecule has 19 heteroatoms. The van der Waals surface area contributed by atoms with Crippen LogP contribution in [0.25, 0.3) is 0 Å². The molecule has 11 heterocycles. The van der Waals surface area contributed by atoms with Crippen molar-refractivity contribution in [2.24, 2.45) is 0 Å². The van der Waals surface area contributed by atoms with Crippen molar-refractivity contribution in [3.63, 3.8) is 0 Å². The van der Waals surface area contributed by atoms with Gasteiger partial charge in [-0.2, -0.15) is 15.3 Å². The standard InChI is InChI=1S/C24H29N5O3.C13H18N2O3.C11H16N2O2.Li.H2O/c1-24(2,30)20-14-17(5-9-25-20)27-21-15-18(6-10-26-21)32-23-19-4-3-11-29(19)28-22(23)16-7-12-31-13-8-16;1-9(16)18-13-11-3-2-6-15(11)14-12(13)10-4-7-17-8-5-10;14-11-9-2-1-5-13(9)12-10(11)8-3-6-15-7-4-8;;/h5-6,9-10,14-16,30H,3-4,7-8,11-13H2,1-2H3,(H,25,26,27);10H,2-8H2,1H3;8,14H,1-7H2;;1H2/q;;;+1;/p-1. The van der Waals surface area contributed by atoms with Crippen molar-refractivity contribution in [1.29, 1.82) is 0 Å². The molecule has 11 rings (SSSR count). The van der Waals surface area contributed by atoms with Gasteiger partial charge in [0.15, 0.2) is 17.2 Å². The summed E-state index contributed by atoms with van der Waals surface area (Å²) < 4.78 is 34.2. The quantitative estimate of drug-likeness (QED) is 0.139. The van der Waals surface area contributed by atoms with E-state index in [9.17, 15) is 15.0 Å². The van der Waals surface area contributed by atoms with Crippen LogP contribution in [0.15, 0.2) is 36.7 Å². The Bertz CT molecular complexity index is 2430. The molecule has 0 bridgehead atoms. The van der Waals surface area contributed by atoms with E-state index in [1.807, 2.05) is 33.6 Å². The number of esters is 1. The minimum atomic E-state index is -1.01. The number of aromatic nitrogens is 8. The number of nitrogens with zero attached hydrogens (tertiary/aromatic N) is 8. The van der Waals surface area contributed by atoms with Crippen molar-refractivity contribution in [2.45, 2.75) is 141 Å². The minimum absolute atomic E-state index is 0. The number of fused-ring (bicyclic) bond motifs is 3. The second kappa shape index (κ2) is 22.5. The molecule has 4 N–H and O–H groups in total. The molecule has 6 aliphatic rings. The zero-order valence-corrected chi connectivity index (χ0v) is 39.4. The molecule has 3 fully saturated rings. The zero-order valence-electron chi connectivity index (χ0n) is 39.4. The number of aryl methyl sites for hydroxylation is 3. The van der Waals surface area contributed by atoms with Crippen LogP contribution in [0.5, 0.6) is 23.0 Å². The molecule has 356 valence electrons. The van der Waals surface area contributed by atoms with Gasteiger partial charge in [0.25, 0.3) is 0 Å². The number of ether oxygens (including phenoxy) is 5. The van der Waals surface area contributed by atoms with E-state index in [1.54, 1.807) is 26.2 Å². The van der Waals surface area contributed by atoms with Crippen LogP contribution in [0, 0.1) is 0 Å². The van der Waals surface area contributed by atoms with E-state index >= 15 is 0 Å². The summed E-state index contributed by atoms with van der Waals surface area (Å²) in [6.45, 7) is 12.4. The topological polar surface area (TPSA) is 225 Å². The Hall–Kier alpha value is -4.80. The third-order valence-electron chi connectivity index (χ3n) is 13.2. The largest absolute Gasteiger partial charge is 1.00 e. The SMILES string of the molecule is CC(=O)Oc1c(C2CCOCC2)nn2c1CCC2.CC(C)(O)c1cc(Nc2cc(Oc3c(C4CCOCC4)nn4c3CCC4)ccn2)ccn1.Oc1c(C2CCOCC2)nn2c1CCC2.[Li+].[OH-]. The maximum atomic E-state index is 11.3. The number of rotatable bonds is 9. The summed E-state index contributed by atoms with van der Waals surface area (Å²) in [6, 6.07) is 7.42. The van der Waals surface area contributed by atoms with Gasteiger partial charge in [0.1, 0.15) is 34.3 Å². The van der Waals surface area contributed by atoms with Crippen LogP contribution in [0.2, 0.25) is 0 Å². The molecule has 0 amide bonds. The summed E-state index contributed by atoms with van der Waals surface area (Å²) in [5.41, 5.74) is 6.61. The Balaban J connectivity index is 0.000000161. The van der Waals surface area contributed by atoms with Gasteiger partial charge in [-0.05, 0) is 109 Å². The third kappa shape index (κ3) is 11.7. The molecule has 3 saturated heterocycles. The van der Waals surface area contributed by atoms with Crippen LogP contribution >= 0.6 is 0 Å². The first kappa shape index (κ1) is 50.1. The van der Waals surface area contributed by atoms with Gasteiger partial charge in [-0.25, -0.2) is 4.98 Å². The summed E-state index contributed by atoms with van der Waals surface area (Å²) in [7, 11) is 0. The van der Waals surface area contributed by atoms with Crippen LogP contribution in [-0.2, 0) is 63.5 Å².